The molecular formula is C19H19N3O3. The van der Waals surface area contributed by atoms with Crippen molar-refractivity contribution in [1.82, 2.24) is 5.01 Å². The number of hydrazone groups is 1. The number of benzene rings is 2. The highest BCUT2D eigenvalue weighted by Gasteiger charge is 2.35. The van der Waals surface area contributed by atoms with Crippen LogP contribution in [0.15, 0.2) is 47.6 Å². The lowest BCUT2D eigenvalue weighted by Gasteiger charge is -2.21. The second-order valence-corrected chi connectivity index (χ2v) is 5.63. The van der Waals surface area contributed by atoms with Crippen LogP contribution in [0.2, 0.25) is 0 Å². The Morgan fingerprint density at radius 1 is 1.04 bits per heavy atom. The van der Waals surface area contributed by atoms with E-state index in [1.54, 1.807) is 36.4 Å². The first-order valence-electron chi connectivity index (χ1n) is 8.16. The Bertz CT molecular complexity index is 822. The van der Waals surface area contributed by atoms with Gasteiger partial charge in [-0.1, -0.05) is 12.1 Å². The standard InChI is InChI=1S/C19H19N3O3/c1-3-21(4-2)14-10-9-13(17(23)11-14)12-20-22-18(24)15-7-5-6-8-16(15)19(22)25/h5-12,23H,3-4H2,1-2H3. The molecular weight excluding hydrogens is 318 g/mol. The summed E-state index contributed by atoms with van der Waals surface area (Å²) in [5.74, 6) is -0.878. The molecule has 0 unspecified atom stereocenters. The van der Waals surface area contributed by atoms with Crippen molar-refractivity contribution in [1.29, 1.82) is 0 Å². The molecule has 0 spiro atoms. The quantitative estimate of drug-likeness (QED) is 0.672. The number of carbonyl (C=O) groups is 2. The minimum absolute atomic E-state index is 0.0461. The van der Waals surface area contributed by atoms with E-state index in [1.165, 1.54) is 6.21 Å². The van der Waals surface area contributed by atoms with Gasteiger partial charge in [0.05, 0.1) is 17.3 Å². The van der Waals surface area contributed by atoms with Crippen LogP contribution in [0.25, 0.3) is 0 Å². The molecule has 0 saturated heterocycles. The molecule has 1 N–H and O–H groups in total. The van der Waals surface area contributed by atoms with Gasteiger partial charge in [0, 0.05) is 30.4 Å². The summed E-state index contributed by atoms with van der Waals surface area (Å²) in [6.07, 6.45) is 1.32. The van der Waals surface area contributed by atoms with Crippen molar-refractivity contribution in [3.8, 4) is 5.75 Å². The average Bonchev–Trinajstić information content (AvgIpc) is 2.87. The maximum absolute atomic E-state index is 12.3. The van der Waals surface area contributed by atoms with Crippen LogP contribution in [0.4, 0.5) is 5.69 Å². The van der Waals surface area contributed by atoms with E-state index in [9.17, 15) is 14.7 Å². The Balaban J connectivity index is 1.84. The Labute approximate surface area is 146 Å². The number of aromatic hydroxyl groups is 1. The van der Waals surface area contributed by atoms with Crippen molar-refractivity contribution >= 4 is 23.7 Å². The van der Waals surface area contributed by atoms with E-state index in [1.807, 2.05) is 19.9 Å². The Morgan fingerprint density at radius 3 is 2.16 bits per heavy atom. The van der Waals surface area contributed by atoms with Crippen LogP contribution in [0.1, 0.15) is 40.1 Å². The first-order chi connectivity index (χ1) is 12.1. The second-order valence-electron chi connectivity index (χ2n) is 5.63. The highest BCUT2D eigenvalue weighted by Crippen LogP contribution is 2.25. The van der Waals surface area contributed by atoms with E-state index in [4.69, 9.17) is 0 Å². The predicted octanol–water partition coefficient (Wildman–Crippen LogP) is 2.87. The molecule has 0 aliphatic carbocycles. The van der Waals surface area contributed by atoms with Gasteiger partial charge in [-0.15, -0.1) is 0 Å². The molecule has 128 valence electrons. The molecule has 3 rings (SSSR count). The maximum Gasteiger partial charge on any atom is 0.282 e. The smallest absolute Gasteiger partial charge is 0.282 e. The van der Waals surface area contributed by atoms with Gasteiger partial charge >= 0.3 is 0 Å². The third-order valence-electron chi connectivity index (χ3n) is 4.23. The minimum atomic E-state index is -0.462. The van der Waals surface area contributed by atoms with Gasteiger partial charge in [-0.05, 0) is 38.1 Å². The molecule has 0 radical (unpaired) electrons. The molecule has 2 aromatic rings. The summed E-state index contributed by atoms with van der Waals surface area (Å²) in [4.78, 5) is 26.6. The molecule has 1 aliphatic rings. The van der Waals surface area contributed by atoms with Crippen molar-refractivity contribution in [2.75, 3.05) is 18.0 Å². The zero-order chi connectivity index (χ0) is 18.0. The van der Waals surface area contributed by atoms with Gasteiger partial charge in [0.15, 0.2) is 0 Å². The fourth-order valence-corrected chi connectivity index (χ4v) is 2.83. The first kappa shape index (κ1) is 16.7. The number of amides is 2. The Kier molecular flexibility index (Phi) is 4.52. The van der Waals surface area contributed by atoms with E-state index < -0.39 is 11.8 Å². The minimum Gasteiger partial charge on any atom is -0.507 e. The average molecular weight is 337 g/mol. The Hall–Kier alpha value is -3.15. The molecule has 0 saturated carbocycles. The topological polar surface area (TPSA) is 73.2 Å². The summed E-state index contributed by atoms with van der Waals surface area (Å²) in [6, 6.07) is 11.8. The largest absolute Gasteiger partial charge is 0.507 e. The molecule has 0 atom stereocenters. The molecule has 1 heterocycles. The number of hydrogen-bond acceptors (Lipinski definition) is 5. The van der Waals surface area contributed by atoms with Gasteiger partial charge in [-0.25, -0.2) is 0 Å². The zero-order valence-electron chi connectivity index (χ0n) is 14.1. The fourth-order valence-electron chi connectivity index (χ4n) is 2.83. The second kappa shape index (κ2) is 6.76. The third-order valence-corrected chi connectivity index (χ3v) is 4.23. The third kappa shape index (κ3) is 2.98. The van der Waals surface area contributed by atoms with E-state index in [0.717, 1.165) is 23.8 Å². The highest BCUT2D eigenvalue weighted by molar-refractivity contribution is 6.21. The van der Waals surface area contributed by atoms with Crippen molar-refractivity contribution < 1.29 is 14.7 Å². The van der Waals surface area contributed by atoms with Gasteiger partial charge in [0.2, 0.25) is 0 Å². The molecule has 6 nitrogen and oxygen atoms in total. The van der Waals surface area contributed by atoms with Gasteiger partial charge in [0.25, 0.3) is 11.8 Å². The summed E-state index contributed by atoms with van der Waals surface area (Å²) < 4.78 is 0. The number of phenolic OH excluding ortho intramolecular Hbond substituents is 1. The van der Waals surface area contributed by atoms with Crippen LogP contribution < -0.4 is 4.90 Å². The van der Waals surface area contributed by atoms with E-state index >= 15 is 0 Å². The summed E-state index contributed by atoms with van der Waals surface area (Å²) in [5, 5.41) is 15.0. The number of imide groups is 1. The number of carbonyl (C=O) groups excluding carboxylic acids is 2. The molecule has 0 fully saturated rings. The Morgan fingerprint density at radius 2 is 1.64 bits per heavy atom. The van der Waals surface area contributed by atoms with Crippen LogP contribution >= 0.6 is 0 Å². The van der Waals surface area contributed by atoms with Gasteiger partial charge < -0.3 is 10.0 Å². The number of fused-ring (bicyclic) bond motifs is 1. The fraction of sp³-hybridized carbons (Fsp3) is 0.211. The van der Waals surface area contributed by atoms with Gasteiger partial charge in [0.1, 0.15) is 5.75 Å². The van der Waals surface area contributed by atoms with E-state index in [0.29, 0.717) is 16.7 Å². The maximum atomic E-state index is 12.3. The summed E-state index contributed by atoms with van der Waals surface area (Å²) >= 11 is 0. The van der Waals surface area contributed by atoms with E-state index in [2.05, 4.69) is 10.0 Å². The molecule has 2 aromatic carbocycles. The van der Waals surface area contributed by atoms with Crippen molar-refractivity contribution in [2.45, 2.75) is 13.8 Å². The van der Waals surface area contributed by atoms with Crippen LogP contribution in [0, 0.1) is 0 Å². The molecule has 1 aliphatic heterocycles. The van der Waals surface area contributed by atoms with Crippen molar-refractivity contribution in [2.24, 2.45) is 5.10 Å². The normalized spacial score (nSPS) is 13.6. The number of phenols is 1. The van der Waals surface area contributed by atoms with Crippen molar-refractivity contribution in [3.05, 3.63) is 59.2 Å². The van der Waals surface area contributed by atoms with Crippen molar-refractivity contribution in [3.63, 3.8) is 0 Å². The number of hydrogen-bond donors (Lipinski definition) is 1. The van der Waals surface area contributed by atoms with E-state index in [-0.39, 0.29) is 5.75 Å². The number of nitrogens with zero attached hydrogens (tertiary/aromatic N) is 3. The SMILES string of the molecule is CCN(CC)c1ccc(C=NN2C(=O)c3ccccc3C2=O)c(O)c1. The van der Waals surface area contributed by atoms with Crippen LogP contribution in [-0.4, -0.2) is 41.2 Å². The highest BCUT2D eigenvalue weighted by atomic mass is 16.3. The lowest BCUT2D eigenvalue weighted by atomic mass is 10.1. The summed E-state index contributed by atoms with van der Waals surface area (Å²) in [5.41, 5.74) is 2.02. The summed E-state index contributed by atoms with van der Waals surface area (Å²) in [6.45, 7) is 5.74. The first-order valence-corrected chi connectivity index (χ1v) is 8.16. The molecule has 0 aromatic heterocycles. The lowest BCUT2D eigenvalue weighted by Crippen LogP contribution is -2.24. The van der Waals surface area contributed by atoms with Crippen LogP contribution in [0.3, 0.4) is 0 Å². The summed E-state index contributed by atoms with van der Waals surface area (Å²) in [7, 11) is 0. The number of anilines is 1. The zero-order valence-corrected chi connectivity index (χ0v) is 14.1. The van der Waals surface area contributed by atoms with Crippen LogP contribution in [-0.2, 0) is 0 Å². The predicted molar refractivity (Wildman–Crippen MR) is 96.2 cm³/mol. The molecule has 25 heavy (non-hydrogen) atoms. The molecule has 0 bridgehead atoms. The van der Waals surface area contributed by atoms with Gasteiger partial charge in [-0.3, -0.25) is 9.59 Å². The lowest BCUT2D eigenvalue weighted by molar-refractivity contribution is 0.0660. The van der Waals surface area contributed by atoms with Crippen LogP contribution in [0.5, 0.6) is 5.75 Å². The molecule has 6 heteroatoms. The molecule has 2 amide bonds. The number of rotatable bonds is 5. The monoisotopic (exact) mass is 337 g/mol. The van der Waals surface area contributed by atoms with Gasteiger partial charge in [-0.2, -0.15) is 10.1 Å².